The molecule has 2 aromatic carbocycles. The molecule has 1 N–H and O–H groups in total. The first kappa shape index (κ1) is 23.7. The van der Waals surface area contributed by atoms with E-state index in [0.29, 0.717) is 0 Å². The highest BCUT2D eigenvalue weighted by Crippen LogP contribution is 2.34. The molecule has 0 spiro atoms. The van der Waals surface area contributed by atoms with Gasteiger partial charge in [-0.05, 0) is 24.0 Å². The van der Waals surface area contributed by atoms with E-state index in [1.165, 1.54) is 88.2 Å². The highest BCUT2D eigenvalue weighted by molar-refractivity contribution is 5.25. The first-order chi connectivity index (χ1) is 14.3. The second kappa shape index (κ2) is 14.4. The van der Waals surface area contributed by atoms with Gasteiger partial charge in [0.05, 0.1) is 0 Å². The summed E-state index contributed by atoms with van der Waals surface area (Å²) in [7, 11) is 0. The third kappa shape index (κ3) is 8.74. The number of rotatable bonds is 16. The van der Waals surface area contributed by atoms with E-state index in [4.69, 9.17) is 0 Å². The second-order valence-electron chi connectivity index (χ2n) is 8.62. The van der Waals surface area contributed by atoms with Crippen LogP contribution in [0.3, 0.4) is 0 Å². The van der Waals surface area contributed by atoms with Crippen molar-refractivity contribution in [1.82, 2.24) is 5.32 Å². The van der Waals surface area contributed by atoms with Crippen LogP contribution in [0.15, 0.2) is 60.7 Å². The van der Waals surface area contributed by atoms with Crippen molar-refractivity contribution in [2.24, 2.45) is 0 Å². The van der Waals surface area contributed by atoms with Crippen LogP contribution < -0.4 is 5.32 Å². The normalized spacial score (nSPS) is 11.7. The summed E-state index contributed by atoms with van der Waals surface area (Å²) in [5.74, 6) is 0. The van der Waals surface area contributed by atoms with Gasteiger partial charge in [0.2, 0.25) is 0 Å². The van der Waals surface area contributed by atoms with E-state index >= 15 is 0 Å². The minimum atomic E-state index is 0.0928. The van der Waals surface area contributed by atoms with Gasteiger partial charge in [0.1, 0.15) is 0 Å². The van der Waals surface area contributed by atoms with Crippen molar-refractivity contribution in [1.29, 1.82) is 0 Å². The van der Waals surface area contributed by atoms with E-state index in [-0.39, 0.29) is 5.54 Å². The lowest BCUT2D eigenvalue weighted by molar-refractivity contribution is 0.263. The van der Waals surface area contributed by atoms with Crippen molar-refractivity contribution < 1.29 is 0 Å². The summed E-state index contributed by atoms with van der Waals surface area (Å²) < 4.78 is 0. The molecule has 0 fully saturated rings. The molecule has 0 radical (unpaired) electrons. The maximum atomic E-state index is 4.05. The van der Waals surface area contributed by atoms with Crippen molar-refractivity contribution in [3.05, 3.63) is 71.8 Å². The summed E-state index contributed by atoms with van der Waals surface area (Å²) >= 11 is 0. The maximum Gasteiger partial charge on any atom is 0.0437 e. The molecule has 0 aromatic heterocycles. The van der Waals surface area contributed by atoms with Gasteiger partial charge in [-0.1, -0.05) is 139 Å². The van der Waals surface area contributed by atoms with Crippen molar-refractivity contribution >= 4 is 0 Å². The summed E-state index contributed by atoms with van der Waals surface area (Å²) in [5, 5.41) is 4.05. The van der Waals surface area contributed by atoms with Crippen molar-refractivity contribution in [2.45, 2.75) is 103 Å². The first-order valence-electron chi connectivity index (χ1n) is 12.1. The fourth-order valence-electron chi connectivity index (χ4n) is 4.38. The van der Waals surface area contributed by atoms with E-state index in [1.807, 2.05) is 0 Å². The van der Waals surface area contributed by atoms with Gasteiger partial charge >= 0.3 is 0 Å². The van der Waals surface area contributed by atoms with Gasteiger partial charge in [0.15, 0.2) is 0 Å². The largest absolute Gasteiger partial charge is 0.303 e. The van der Waals surface area contributed by atoms with Crippen LogP contribution in [0.25, 0.3) is 0 Å². The third-order valence-electron chi connectivity index (χ3n) is 6.21. The minimum Gasteiger partial charge on any atom is -0.303 e. The van der Waals surface area contributed by atoms with Gasteiger partial charge in [0, 0.05) is 12.1 Å². The molecule has 0 saturated carbocycles. The standard InChI is InChI=1S/C28H43N/c1-3-5-7-9-17-23-28(24-18-10-8-6-4-2,27-21-15-12-16-22-27)29-25-26-19-13-11-14-20-26/h11-16,19-22,29H,3-10,17-18,23-25H2,1-2H3. The average molecular weight is 394 g/mol. The Morgan fingerprint density at radius 1 is 0.586 bits per heavy atom. The van der Waals surface area contributed by atoms with Crippen LogP contribution >= 0.6 is 0 Å². The summed E-state index contributed by atoms with van der Waals surface area (Å²) in [6, 6.07) is 22.1. The Kier molecular flexibility index (Phi) is 11.8. The Morgan fingerprint density at radius 2 is 1.07 bits per heavy atom. The molecule has 0 aliphatic rings. The zero-order chi connectivity index (χ0) is 20.6. The number of benzene rings is 2. The topological polar surface area (TPSA) is 12.0 Å². The predicted octanol–water partition coefficient (Wildman–Crippen LogP) is 8.39. The zero-order valence-electron chi connectivity index (χ0n) is 19.0. The molecule has 1 heteroatoms. The molecule has 0 unspecified atom stereocenters. The van der Waals surface area contributed by atoms with Crippen LogP contribution in [0.1, 0.15) is 102 Å². The lowest BCUT2D eigenvalue weighted by Gasteiger charge is -2.36. The lowest BCUT2D eigenvalue weighted by Crippen LogP contribution is -2.42. The molecule has 29 heavy (non-hydrogen) atoms. The smallest absolute Gasteiger partial charge is 0.0437 e. The Morgan fingerprint density at radius 3 is 1.59 bits per heavy atom. The highest BCUT2D eigenvalue weighted by Gasteiger charge is 2.30. The first-order valence-corrected chi connectivity index (χ1v) is 12.1. The van der Waals surface area contributed by atoms with Gasteiger partial charge < -0.3 is 5.32 Å². The second-order valence-corrected chi connectivity index (χ2v) is 8.62. The number of hydrogen-bond acceptors (Lipinski definition) is 1. The van der Waals surface area contributed by atoms with Crippen molar-refractivity contribution in [3.63, 3.8) is 0 Å². The summed E-state index contributed by atoms with van der Waals surface area (Å²) in [6.45, 7) is 5.54. The molecule has 160 valence electrons. The quantitative estimate of drug-likeness (QED) is 0.282. The van der Waals surface area contributed by atoms with E-state index < -0.39 is 0 Å². The molecule has 0 aliphatic heterocycles. The monoisotopic (exact) mass is 393 g/mol. The molecular formula is C28H43N. The van der Waals surface area contributed by atoms with Gasteiger partial charge in [-0.3, -0.25) is 0 Å². The molecular weight excluding hydrogens is 350 g/mol. The molecule has 2 aromatic rings. The van der Waals surface area contributed by atoms with Gasteiger partial charge in [-0.2, -0.15) is 0 Å². The molecule has 1 nitrogen and oxygen atoms in total. The Labute approximate surface area is 180 Å². The van der Waals surface area contributed by atoms with E-state index in [2.05, 4.69) is 79.8 Å². The van der Waals surface area contributed by atoms with E-state index in [0.717, 1.165) is 6.54 Å². The maximum absolute atomic E-state index is 4.05. The van der Waals surface area contributed by atoms with Gasteiger partial charge in [-0.25, -0.2) is 0 Å². The number of hydrogen-bond donors (Lipinski definition) is 1. The van der Waals surface area contributed by atoms with Crippen LogP contribution in [-0.2, 0) is 12.1 Å². The molecule has 0 amide bonds. The summed E-state index contributed by atoms with van der Waals surface area (Å²) in [6.07, 6.45) is 15.9. The molecule has 0 bridgehead atoms. The van der Waals surface area contributed by atoms with Crippen LogP contribution in [0.2, 0.25) is 0 Å². The number of nitrogens with one attached hydrogen (secondary N) is 1. The molecule has 0 heterocycles. The molecule has 0 saturated heterocycles. The SMILES string of the molecule is CCCCCCCC(CCCCCCC)(NCc1ccccc1)c1ccccc1. The van der Waals surface area contributed by atoms with Crippen LogP contribution in [-0.4, -0.2) is 0 Å². The summed E-state index contributed by atoms with van der Waals surface area (Å²) in [5.41, 5.74) is 2.95. The molecule has 2 rings (SSSR count). The fourth-order valence-corrected chi connectivity index (χ4v) is 4.38. The van der Waals surface area contributed by atoms with Crippen LogP contribution in [0.5, 0.6) is 0 Å². The fraction of sp³-hybridized carbons (Fsp3) is 0.571. The van der Waals surface area contributed by atoms with Crippen LogP contribution in [0.4, 0.5) is 0 Å². The number of unbranched alkanes of at least 4 members (excludes halogenated alkanes) is 8. The van der Waals surface area contributed by atoms with Gasteiger partial charge in [-0.15, -0.1) is 0 Å². The van der Waals surface area contributed by atoms with Gasteiger partial charge in [0.25, 0.3) is 0 Å². The van der Waals surface area contributed by atoms with E-state index in [1.54, 1.807) is 0 Å². The van der Waals surface area contributed by atoms with E-state index in [9.17, 15) is 0 Å². The van der Waals surface area contributed by atoms with Crippen molar-refractivity contribution in [3.8, 4) is 0 Å². The zero-order valence-corrected chi connectivity index (χ0v) is 19.0. The molecule has 0 aliphatic carbocycles. The minimum absolute atomic E-state index is 0.0928. The highest BCUT2D eigenvalue weighted by atomic mass is 15.0. The molecule has 0 atom stereocenters. The Hall–Kier alpha value is -1.60. The van der Waals surface area contributed by atoms with Crippen LogP contribution in [0, 0.1) is 0 Å². The lowest BCUT2D eigenvalue weighted by atomic mass is 9.80. The summed E-state index contributed by atoms with van der Waals surface area (Å²) in [4.78, 5) is 0. The average Bonchev–Trinajstić information content (AvgIpc) is 2.78. The third-order valence-corrected chi connectivity index (χ3v) is 6.21. The predicted molar refractivity (Wildman–Crippen MR) is 128 cm³/mol. The Balaban J connectivity index is 2.12. The Bertz CT molecular complexity index is 605. The van der Waals surface area contributed by atoms with Crippen molar-refractivity contribution in [2.75, 3.05) is 0 Å².